The molecule has 1 atom stereocenters. The molecule has 1 fully saturated rings. The third kappa shape index (κ3) is 2.58. The Morgan fingerprint density at radius 1 is 1.38 bits per heavy atom. The third-order valence-electron chi connectivity index (χ3n) is 3.89. The molecule has 1 amide bonds. The number of carbonyl (C=O) groups excluding carboxylic acids is 1. The lowest BCUT2D eigenvalue weighted by molar-refractivity contribution is 0.145. The number of cyclic esters (lactones) is 1. The van der Waals surface area contributed by atoms with E-state index in [2.05, 4.69) is 16.8 Å². The van der Waals surface area contributed by atoms with Gasteiger partial charge in [-0.2, -0.15) is 0 Å². The zero-order valence-corrected chi connectivity index (χ0v) is 12.2. The van der Waals surface area contributed by atoms with E-state index in [-0.39, 0.29) is 12.2 Å². The van der Waals surface area contributed by atoms with Crippen LogP contribution in [-0.4, -0.2) is 55.7 Å². The monoisotopic (exact) mass is 288 g/mol. The standard InChI is InChI=1S/C15H20N4O2/c1-2-18-8-7-17-14(18)11-3-5-12(6-4-11)19-10-13(9-16)21-15(19)20/h3-6,13H,2,7-10,16H2,1H3/t13-/m0/s1. The highest BCUT2D eigenvalue weighted by Gasteiger charge is 2.31. The van der Waals surface area contributed by atoms with E-state index in [1.54, 1.807) is 4.90 Å². The first-order chi connectivity index (χ1) is 10.2. The van der Waals surface area contributed by atoms with Crippen LogP contribution in [0.2, 0.25) is 0 Å². The highest BCUT2D eigenvalue weighted by Crippen LogP contribution is 2.22. The number of hydrogen-bond donors (Lipinski definition) is 1. The molecular formula is C15H20N4O2. The molecule has 21 heavy (non-hydrogen) atoms. The summed E-state index contributed by atoms with van der Waals surface area (Å²) in [6, 6.07) is 7.88. The first kappa shape index (κ1) is 13.9. The van der Waals surface area contributed by atoms with E-state index in [4.69, 9.17) is 10.5 Å². The average molecular weight is 288 g/mol. The lowest BCUT2D eigenvalue weighted by Gasteiger charge is -2.19. The smallest absolute Gasteiger partial charge is 0.414 e. The van der Waals surface area contributed by atoms with Crippen LogP contribution in [0.25, 0.3) is 0 Å². The van der Waals surface area contributed by atoms with E-state index in [1.165, 1.54) is 0 Å². The zero-order chi connectivity index (χ0) is 14.8. The summed E-state index contributed by atoms with van der Waals surface area (Å²) in [6.45, 7) is 5.77. The Morgan fingerprint density at radius 3 is 2.76 bits per heavy atom. The Bertz CT molecular complexity index is 555. The zero-order valence-electron chi connectivity index (χ0n) is 12.2. The minimum atomic E-state index is -0.327. The molecule has 0 aromatic heterocycles. The summed E-state index contributed by atoms with van der Waals surface area (Å²) in [5, 5.41) is 0. The molecule has 2 N–H and O–H groups in total. The van der Waals surface area contributed by atoms with Crippen LogP contribution in [0.5, 0.6) is 0 Å². The van der Waals surface area contributed by atoms with Crippen molar-refractivity contribution < 1.29 is 9.53 Å². The quantitative estimate of drug-likeness (QED) is 0.899. The Labute approximate surface area is 124 Å². The number of ether oxygens (including phenoxy) is 1. The highest BCUT2D eigenvalue weighted by molar-refractivity contribution is 6.00. The number of anilines is 1. The van der Waals surface area contributed by atoms with E-state index in [1.807, 2.05) is 24.3 Å². The molecule has 0 radical (unpaired) electrons. The van der Waals surface area contributed by atoms with Gasteiger partial charge >= 0.3 is 6.09 Å². The van der Waals surface area contributed by atoms with Gasteiger partial charge < -0.3 is 15.4 Å². The molecule has 1 aromatic carbocycles. The lowest BCUT2D eigenvalue weighted by Crippen LogP contribution is -2.28. The van der Waals surface area contributed by atoms with Gasteiger partial charge in [0.2, 0.25) is 0 Å². The van der Waals surface area contributed by atoms with E-state index in [9.17, 15) is 4.79 Å². The summed E-state index contributed by atoms with van der Waals surface area (Å²) < 4.78 is 5.17. The third-order valence-corrected chi connectivity index (χ3v) is 3.89. The predicted molar refractivity (Wildman–Crippen MR) is 81.8 cm³/mol. The molecule has 6 heteroatoms. The topological polar surface area (TPSA) is 71.2 Å². The van der Waals surface area contributed by atoms with Gasteiger partial charge in [0.05, 0.1) is 13.1 Å². The maximum absolute atomic E-state index is 11.8. The highest BCUT2D eigenvalue weighted by atomic mass is 16.6. The first-order valence-electron chi connectivity index (χ1n) is 7.31. The van der Waals surface area contributed by atoms with Gasteiger partial charge in [0.1, 0.15) is 11.9 Å². The van der Waals surface area contributed by atoms with Crippen molar-refractivity contribution in [2.45, 2.75) is 13.0 Å². The number of nitrogens with zero attached hydrogens (tertiary/aromatic N) is 3. The van der Waals surface area contributed by atoms with Gasteiger partial charge in [-0.3, -0.25) is 9.89 Å². The van der Waals surface area contributed by atoms with Crippen molar-refractivity contribution in [2.75, 3.05) is 37.6 Å². The number of benzene rings is 1. The number of likely N-dealkylation sites (N-methyl/N-ethyl adjacent to an activating group) is 1. The summed E-state index contributed by atoms with van der Waals surface area (Å²) in [6.07, 6.45) is -0.543. The van der Waals surface area contributed by atoms with Crippen molar-refractivity contribution in [1.82, 2.24) is 4.90 Å². The minimum absolute atomic E-state index is 0.216. The van der Waals surface area contributed by atoms with Crippen LogP contribution in [0, 0.1) is 0 Å². The number of rotatable bonds is 4. The fourth-order valence-corrected chi connectivity index (χ4v) is 2.71. The molecule has 0 aliphatic carbocycles. The van der Waals surface area contributed by atoms with Crippen molar-refractivity contribution in [3.63, 3.8) is 0 Å². The van der Waals surface area contributed by atoms with Gasteiger partial charge in [-0.15, -0.1) is 0 Å². The molecule has 6 nitrogen and oxygen atoms in total. The molecule has 112 valence electrons. The second-order valence-electron chi connectivity index (χ2n) is 5.18. The van der Waals surface area contributed by atoms with Crippen molar-refractivity contribution in [1.29, 1.82) is 0 Å². The molecule has 1 aromatic rings. The van der Waals surface area contributed by atoms with Crippen LogP contribution >= 0.6 is 0 Å². The molecule has 0 spiro atoms. The maximum Gasteiger partial charge on any atom is 0.414 e. The largest absolute Gasteiger partial charge is 0.443 e. The van der Waals surface area contributed by atoms with Crippen molar-refractivity contribution in [2.24, 2.45) is 10.7 Å². The normalized spacial score (nSPS) is 21.7. The van der Waals surface area contributed by atoms with Gasteiger partial charge in [0, 0.05) is 30.9 Å². The molecule has 1 saturated heterocycles. The van der Waals surface area contributed by atoms with E-state index >= 15 is 0 Å². The van der Waals surface area contributed by atoms with Crippen LogP contribution in [-0.2, 0) is 4.74 Å². The Kier molecular flexibility index (Phi) is 3.79. The Morgan fingerprint density at radius 2 is 2.14 bits per heavy atom. The fraction of sp³-hybridized carbons (Fsp3) is 0.467. The lowest BCUT2D eigenvalue weighted by atomic mass is 10.1. The summed E-state index contributed by atoms with van der Waals surface area (Å²) in [5.41, 5.74) is 7.47. The Balaban J connectivity index is 1.77. The van der Waals surface area contributed by atoms with Crippen LogP contribution in [0.15, 0.2) is 29.3 Å². The van der Waals surface area contributed by atoms with Gasteiger partial charge in [-0.1, -0.05) is 0 Å². The SMILES string of the molecule is CCN1CCN=C1c1ccc(N2C[C@H](CN)OC2=O)cc1. The minimum Gasteiger partial charge on any atom is -0.443 e. The fourth-order valence-electron chi connectivity index (χ4n) is 2.71. The second kappa shape index (κ2) is 5.73. The number of carbonyl (C=O) groups is 1. The van der Waals surface area contributed by atoms with Crippen LogP contribution < -0.4 is 10.6 Å². The molecule has 0 unspecified atom stereocenters. The number of amides is 1. The first-order valence-corrected chi connectivity index (χ1v) is 7.31. The van der Waals surface area contributed by atoms with Crippen molar-refractivity contribution in [3.8, 4) is 0 Å². The molecule has 2 aliphatic rings. The number of hydrogen-bond acceptors (Lipinski definition) is 5. The maximum atomic E-state index is 11.8. The van der Waals surface area contributed by atoms with Crippen molar-refractivity contribution >= 4 is 17.6 Å². The van der Waals surface area contributed by atoms with Crippen LogP contribution in [0.3, 0.4) is 0 Å². The molecule has 0 bridgehead atoms. The summed E-state index contributed by atoms with van der Waals surface area (Å²) >= 11 is 0. The average Bonchev–Trinajstić information content (AvgIpc) is 3.13. The van der Waals surface area contributed by atoms with E-state index in [0.29, 0.717) is 13.1 Å². The molecule has 2 aliphatic heterocycles. The van der Waals surface area contributed by atoms with Gasteiger partial charge in [-0.25, -0.2) is 4.79 Å². The number of amidine groups is 1. The van der Waals surface area contributed by atoms with Crippen LogP contribution in [0.4, 0.5) is 10.5 Å². The second-order valence-corrected chi connectivity index (χ2v) is 5.18. The van der Waals surface area contributed by atoms with Gasteiger partial charge in [0.25, 0.3) is 0 Å². The molecular weight excluding hydrogens is 268 g/mol. The number of aliphatic imine (C=N–C) groups is 1. The molecule has 0 saturated carbocycles. The predicted octanol–water partition coefficient (Wildman–Crippen LogP) is 1.05. The van der Waals surface area contributed by atoms with Crippen LogP contribution in [0.1, 0.15) is 12.5 Å². The van der Waals surface area contributed by atoms with Gasteiger partial charge in [0.15, 0.2) is 0 Å². The summed E-state index contributed by atoms with van der Waals surface area (Å²) in [4.78, 5) is 20.2. The summed E-state index contributed by atoms with van der Waals surface area (Å²) in [5.74, 6) is 1.04. The van der Waals surface area contributed by atoms with E-state index < -0.39 is 0 Å². The van der Waals surface area contributed by atoms with Gasteiger partial charge in [-0.05, 0) is 31.2 Å². The Hall–Kier alpha value is -2.08. The van der Waals surface area contributed by atoms with Crippen molar-refractivity contribution in [3.05, 3.63) is 29.8 Å². The summed E-state index contributed by atoms with van der Waals surface area (Å²) in [7, 11) is 0. The molecule has 3 rings (SSSR count). The molecule has 2 heterocycles. The number of nitrogens with two attached hydrogens (primary N) is 1. The van der Waals surface area contributed by atoms with E-state index in [0.717, 1.165) is 36.7 Å².